The lowest BCUT2D eigenvalue weighted by molar-refractivity contribution is -0.136. The maximum absolute atomic E-state index is 13.8. The molecule has 10 nitrogen and oxygen atoms in total. The van der Waals surface area contributed by atoms with Gasteiger partial charge in [0.1, 0.15) is 11.8 Å². The number of benzene rings is 1. The Labute approximate surface area is 226 Å². The molecule has 0 bridgehead atoms. The molecule has 1 saturated heterocycles. The molecule has 0 spiro atoms. The number of hydrogen-bond acceptors (Lipinski definition) is 7. The van der Waals surface area contributed by atoms with Crippen LogP contribution in [0.4, 0.5) is 0 Å². The Morgan fingerprint density at radius 3 is 2.27 bits per heavy atom. The predicted octanol–water partition coefficient (Wildman–Crippen LogP) is 2.55. The van der Waals surface area contributed by atoms with Gasteiger partial charge in [-0.2, -0.15) is 4.31 Å². The minimum absolute atomic E-state index is 0. The molecule has 1 unspecified atom stereocenters. The highest BCUT2D eigenvalue weighted by molar-refractivity contribution is 7.89. The standard InChI is InChI=1S/C25H40N4O6S.ClH/c1-26-20-12-15-28(16-13-20)24(30)14-17-29(36(33,34)22-10-8-21(35-2)9-11-22)23(25(31)27-32)18-19-6-4-3-5-7-19;/h8-11,19-20,23,26,32H,3-7,12-18H2,1-2H3,(H,27,31);1H. The second-order valence-corrected chi connectivity index (χ2v) is 11.6. The van der Waals surface area contributed by atoms with Gasteiger partial charge in [-0.3, -0.25) is 14.8 Å². The lowest BCUT2D eigenvalue weighted by Crippen LogP contribution is -2.51. The number of carbonyl (C=O) groups is 2. The number of likely N-dealkylation sites (tertiary alicyclic amines) is 1. The molecule has 1 aromatic carbocycles. The highest BCUT2D eigenvalue weighted by Crippen LogP contribution is 2.31. The third-order valence-corrected chi connectivity index (χ3v) is 9.43. The number of piperidine rings is 1. The van der Waals surface area contributed by atoms with Gasteiger partial charge in [0.15, 0.2) is 0 Å². The van der Waals surface area contributed by atoms with Crippen LogP contribution in [0.25, 0.3) is 0 Å². The molecule has 3 rings (SSSR count). The van der Waals surface area contributed by atoms with Crippen LogP contribution in [0.2, 0.25) is 0 Å². The largest absolute Gasteiger partial charge is 0.497 e. The van der Waals surface area contributed by atoms with Crippen molar-refractivity contribution < 1.29 is 28.0 Å². The van der Waals surface area contributed by atoms with Crippen molar-refractivity contribution in [3.63, 3.8) is 0 Å². The van der Waals surface area contributed by atoms with Crippen molar-refractivity contribution in [1.82, 2.24) is 20.0 Å². The Hall–Kier alpha value is -1.92. The smallest absolute Gasteiger partial charge is 0.261 e. The number of nitrogens with one attached hydrogen (secondary N) is 2. The molecule has 210 valence electrons. The number of hydrogen-bond donors (Lipinski definition) is 3. The van der Waals surface area contributed by atoms with Gasteiger partial charge in [0.2, 0.25) is 15.9 Å². The van der Waals surface area contributed by atoms with Gasteiger partial charge in [0, 0.05) is 32.1 Å². The van der Waals surface area contributed by atoms with Crippen LogP contribution in [0.1, 0.15) is 57.8 Å². The molecule has 1 aromatic rings. The van der Waals surface area contributed by atoms with Gasteiger partial charge in [0.05, 0.1) is 12.0 Å². The van der Waals surface area contributed by atoms with Crippen LogP contribution in [0.5, 0.6) is 5.75 Å². The normalized spacial score (nSPS) is 18.2. The molecule has 2 fully saturated rings. The van der Waals surface area contributed by atoms with Crippen molar-refractivity contribution in [2.45, 2.75) is 74.8 Å². The van der Waals surface area contributed by atoms with Gasteiger partial charge in [-0.25, -0.2) is 13.9 Å². The lowest BCUT2D eigenvalue weighted by Gasteiger charge is -2.34. The highest BCUT2D eigenvalue weighted by atomic mass is 35.5. The summed E-state index contributed by atoms with van der Waals surface area (Å²) in [6, 6.07) is 5.21. The number of hydroxylamine groups is 1. The summed E-state index contributed by atoms with van der Waals surface area (Å²) in [6.45, 7) is 1.07. The van der Waals surface area contributed by atoms with E-state index in [0.29, 0.717) is 31.3 Å². The van der Waals surface area contributed by atoms with E-state index >= 15 is 0 Å². The molecule has 1 atom stereocenters. The van der Waals surface area contributed by atoms with Crippen molar-refractivity contribution in [2.75, 3.05) is 33.8 Å². The van der Waals surface area contributed by atoms with Crippen LogP contribution in [0.15, 0.2) is 29.2 Å². The van der Waals surface area contributed by atoms with E-state index in [1.807, 2.05) is 7.05 Å². The maximum Gasteiger partial charge on any atom is 0.261 e. The number of ether oxygens (including phenoxy) is 1. The predicted molar refractivity (Wildman–Crippen MR) is 142 cm³/mol. The fourth-order valence-corrected chi connectivity index (χ4v) is 6.88. The molecule has 2 amide bonds. The average Bonchev–Trinajstić information content (AvgIpc) is 2.92. The minimum Gasteiger partial charge on any atom is -0.497 e. The van der Waals surface area contributed by atoms with Crippen LogP contribution in [-0.2, 0) is 19.6 Å². The molecule has 1 saturated carbocycles. The Bertz CT molecular complexity index is 964. The average molecular weight is 561 g/mol. The van der Waals surface area contributed by atoms with E-state index in [-0.39, 0.29) is 42.1 Å². The fourth-order valence-electron chi connectivity index (χ4n) is 5.28. The molecule has 3 N–H and O–H groups in total. The topological polar surface area (TPSA) is 128 Å². The number of carbonyl (C=O) groups excluding carboxylic acids is 2. The molecule has 0 aromatic heterocycles. The summed E-state index contributed by atoms with van der Waals surface area (Å²) in [5, 5.41) is 12.7. The number of amides is 2. The summed E-state index contributed by atoms with van der Waals surface area (Å²) >= 11 is 0. The second-order valence-electron chi connectivity index (χ2n) is 9.72. The van der Waals surface area contributed by atoms with Crippen molar-refractivity contribution in [3.8, 4) is 5.75 Å². The maximum atomic E-state index is 13.8. The zero-order valence-electron chi connectivity index (χ0n) is 21.7. The third kappa shape index (κ3) is 8.28. The van der Waals surface area contributed by atoms with E-state index in [1.165, 1.54) is 19.2 Å². The Morgan fingerprint density at radius 1 is 1.11 bits per heavy atom. The number of nitrogens with zero attached hydrogens (tertiary/aromatic N) is 2. The SMILES string of the molecule is CNC1CCN(C(=O)CCN(C(CC2CCCCC2)C(=O)NO)S(=O)(=O)c2ccc(OC)cc2)CC1.Cl. The highest BCUT2D eigenvalue weighted by Gasteiger charge is 2.38. The first kappa shape index (κ1) is 31.3. The molecular formula is C25H41ClN4O6S. The molecule has 12 heteroatoms. The second kappa shape index (κ2) is 14.9. The lowest BCUT2D eigenvalue weighted by atomic mass is 9.84. The van der Waals surface area contributed by atoms with Crippen LogP contribution >= 0.6 is 12.4 Å². The van der Waals surface area contributed by atoms with Gasteiger partial charge in [-0.1, -0.05) is 32.1 Å². The van der Waals surface area contributed by atoms with E-state index < -0.39 is 22.0 Å². The van der Waals surface area contributed by atoms with Crippen LogP contribution < -0.4 is 15.5 Å². The quantitative estimate of drug-likeness (QED) is 0.280. The summed E-state index contributed by atoms with van der Waals surface area (Å²) in [5.41, 5.74) is 1.67. The van der Waals surface area contributed by atoms with E-state index in [4.69, 9.17) is 4.74 Å². The Kier molecular flexibility index (Phi) is 12.6. The first-order valence-corrected chi connectivity index (χ1v) is 14.3. The zero-order valence-corrected chi connectivity index (χ0v) is 23.4. The van der Waals surface area contributed by atoms with Crippen LogP contribution in [-0.4, -0.2) is 80.5 Å². The molecule has 2 aliphatic rings. The molecule has 37 heavy (non-hydrogen) atoms. The number of halogens is 1. The molecule has 1 heterocycles. The summed E-state index contributed by atoms with van der Waals surface area (Å²) in [6.07, 6.45) is 6.94. The van der Waals surface area contributed by atoms with Gasteiger partial charge in [-0.15, -0.1) is 12.4 Å². The molecule has 1 aliphatic heterocycles. The Morgan fingerprint density at radius 2 is 1.73 bits per heavy atom. The minimum atomic E-state index is -4.15. The van der Waals surface area contributed by atoms with E-state index in [9.17, 15) is 23.2 Å². The van der Waals surface area contributed by atoms with Crippen molar-refractivity contribution >= 4 is 34.2 Å². The number of methoxy groups -OCH3 is 1. The fraction of sp³-hybridized carbons (Fsp3) is 0.680. The number of rotatable bonds is 11. The summed E-state index contributed by atoms with van der Waals surface area (Å²) < 4.78 is 33.8. The Balaban J connectivity index is 0.00000481. The molecular weight excluding hydrogens is 520 g/mol. The molecule has 1 aliphatic carbocycles. The molecule has 0 radical (unpaired) electrons. The van der Waals surface area contributed by atoms with Crippen LogP contribution in [0, 0.1) is 5.92 Å². The first-order valence-electron chi connectivity index (χ1n) is 12.8. The van der Waals surface area contributed by atoms with E-state index in [0.717, 1.165) is 49.3 Å². The van der Waals surface area contributed by atoms with Crippen LogP contribution in [0.3, 0.4) is 0 Å². The monoisotopic (exact) mass is 560 g/mol. The van der Waals surface area contributed by atoms with Crippen molar-refractivity contribution in [1.29, 1.82) is 0 Å². The third-order valence-electron chi connectivity index (χ3n) is 7.51. The van der Waals surface area contributed by atoms with Gasteiger partial charge < -0.3 is 15.0 Å². The summed E-state index contributed by atoms with van der Waals surface area (Å²) in [4.78, 5) is 27.6. The van der Waals surface area contributed by atoms with E-state index in [1.54, 1.807) is 22.5 Å². The van der Waals surface area contributed by atoms with Gasteiger partial charge in [-0.05, 0) is 56.5 Å². The first-order chi connectivity index (χ1) is 17.3. The van der Waals surface area contributed by atoms with Gasteiger partial charge in [0.25, 0.3) is 5.91 Å². The van der Waals surface area contributed by atoms with E-state index in [2.05, 4.69) is 5.32 Å². The van der Waals surface area contributed by atoms with Gasteiger partial charge >= 0.3 is 0 Å². The summed E-state index contributed by atoms with van der Waals surface area (Å²) in [5.74, 6) is -0.237. The number of sulfonamides is 1. The zero-order chi connectivity index (χ0) is 26.1. The van der Waals surface area contributed by atoms with Crippen molar-refractivity contribution in [2.24, 2.45) is 5.92 Å². The summed E-state index contributed by atoms with van der Waals surface area (Å²) in [7, 11) is -0.747. The van der Waals surface area contributed by atoms with Crippen molar-refractivity contribution in [3.05, 3.63) is 24.3 Å².